The first-order valence-corrected chi connectivity index (χ1v) is 4.91. The summed E-state index contributed by atoms with van der Waals surface area (Å²) in [5.41, 5.74) is 0.568. The van der Waals surface area contributed by atoms with Crippen molar-refractivity contribution < 1.29 is 0 Å². The average molecular weight is 150 g/mol. The molecule has 3 atom stereocenters. The van der Waals surface area contributed by atoms with Gasteiger partial charge in [0.25, 0.3) is 0 Å². The van der Waals surface area contributed by atoms with Crippen LogP contribution in [0.15, 0.2) is 12.2 Å². The summed E-state index contributed by atoms with van der Waals surface area (Å²) in [4.78, 5) is 0. The molecule has 0 spiro atoms. The predicted octanol–water partition coefficient (Wildman–Crippen LogP) is 3.39. The van der Waals surface area contributed by atoms with Gasteiger partial charge >= 0.3 is 0 Å². The van der Waals surface area contributed by atoms with Crippen LogP contribution in [0.1, 0.15) is 39.5 Å². The van der Waals surface area contributed by atoms with Crippen LogP contribution in [0.25, 0.3) is 0 Å². The third-order valence-electron chi connectivity index (χ3n) is 4.03. The van der Waals surface area contributed by atoms with Gasteiger partial charge in [0.1, 0.15) is 0 Å². The van der Waals surface area contributed by atoms with Gasteiger partial charge in [-0.25, -0.2) is 0 Å². The van der Waals surface area contributed by atoms with Gasteiger partial charge in [-0.2, -0.15) is 0 Å². The molecule has 0 bridgehead atoms. The summed E-state index contributed by atoms with van der Waals surface area (Å²) in [7, 11) is 0. The van der Waals surface area contributed by atoms with E-state index in [4.69, 9.17) is 0 Å². The SMILES string of the molecule is C[C@@H]1CCCC2CC=C[C@@]21C. The van der Waals surface area contributed by atoms with Gasteiger partial charge < -0.3 is 0 Å². The summed E-state index contributed by atoms with van der Waals surface area (Å²) in [5.74, 6) is 1.89. The van der Waals surface area contributed by atoms with Gasteiger partial charge in [-0.3, -0.25) is 0 Å². The first-order valence-electron chi connectivity index (χ1n) is 4.91. The summed E-state index contributed by atoms with van der Waals surface area (Å²) in [5, 5.41) is 0. The Balaban J connectivity index is 2.23. The number of allylic oxidation sites excluding steroid dienone is 2. The Kier molecular flexibility index (Phi) is 1.59. The van der Waals surface area contributed by atoms with Crippen molar-refractivity contribution in [1.29, 1.82) is 0 Å². The summed E-state index contributed by atoms with van der Waals surface area (Å²) >= 11 is 0. The molecular weight excluding hydrogens is 132 g/mol. The lowest BCUT2D eigenvalue weighted by Gasteiger charge is -2.41. The quantitative estimate of drug-likeness (QED) is 0.464. The standard InChI is InChI=1S/C11H18/c1-9-5-3-6-10-7-4-8-11(9,10)2/h4,8-10H,3,5-7H2,1-2H3/t9-,10?,11-/m1/s1. The third-order valence-corrected chi connectivity index (χ3v) is 4.03. The summed E-state index contributed by atoms with van der Waals surface area (Å²) in [6.45, 7) is 4.87. The Labute approximate surface area is 69.7 Å². The number of fused-ring (bicyclic) bond motifs is 1. The van der Waals surface area contributed by atoms with E-state index in [2.05, 4.69) is 26.0 Å². The maximum Gasteiger partial charge on any atom is -0.00897 e. The molecule has 2 aliphatic carbocycles. The van der Waals surface area contributed by atoms with Crippen LogP contribution >= 0.6 is 0 Å². The highest BCUT2D eigenvalue weighted by molar-refractivity contribution is 5.12. The van der Waals surface area contributed by atoms with Crippen LogP contribution in [0.3, 0.4) is 0 Å². The molecule has 62 valence electrons. The van der Waals surface area contributed by atoms with Crippen molar-refractivity contribution in [2.45, 2.75) is 39.5 Å². The first kappa shape index (κ1) is 7.39. The normalized spacial score (nSPS) is 49.3. The Morgan fingerprint density at radius 3 is 2.91 bits per heavy atom. The molecule has 1 fully saturated rings. The van der Waals surface area contributed by atoms with Crippen LogP contribution in [0, 0.1) is 17.3 Å². The maximum atomic E-state index is 2.47. The fraction of sp³-hybridized carbons (Fsp3) is 0.818. The Bertz CT molecular complexity index is 180. The van der Waals surface area contributed by atoms with E-state index in [0.717, 1.165) is 11.8 Å². The molecule has 0 radical (unpaired) electrons. The van der Waals surface area contributed by atoms with E-state index in [9.17, 15) is 0 Å². The zero-order valence-electron chi connectivity index (χ0n) is 7.64. The van der Waals surface area contributed by atoms with Crippen LogP contribution < -0.4 is 0 Å². The van der Waals surface area contributed by atoms with Gasteiger partial charge in [0.05, 0.1) is 0 Å². The molecule has 1 saturated carbocycles. The second-order valence-electron chi connectivity index (χ2n) is 4.53. The zero-order valence-corrected chi connectivity index (χ0v) is 7.64. The van der Waals surface area contributed by atoms with E-state index in [-0.39, 0.29) is 0 Å². The van der Waals surface area contributed by atoms with Crippen molar-refractivity contribution in [3.8, 4) is 0 Å². The molecular formula is C11H18. The van der Waals surface area contributed by atoms with E-state index in [0.29, 0.717) is 5.41 Å². The highest BCUT2D eigenvalue weighted by atomic mass is 14.5. The molecule has 0 aliphatic heterocycles. The number of hydrogen-bond acceptors (Lipinski definition) is 0. The van der Waals surface area contributed by atoms with Gasteiger partial charge in [-0.05, 0) is 36.5 Å². The van der Waals surface area contributed by atoms with Gasteiger partial charge in [0.15, 0.2) is 0 Å². The van der Waals surface area contributed by atoms with Gasteiger partial charge in [-0.15, -0.1) is 0 Å². The Morgan fingerprint density at radius 2 is 2.18 bits per heavy atom. The van der Waals surface area contributed by atoms with Crippen LogP contribution in [-0.2, 0) is 0 Å². The molecule has 0 nitrogen and oxygen atoms in total. The molecule has 0 saturated heterocycles. The highest BCUT2D eigenvalue weighted by Gasteiger charge is 2.41. The summed E-state index contributed by atoms with van der Waals surface area (Å²) in [6.07, 6.45) is 10.6. The minimum Gasteiger partial charge on any atom is -0.0877 e. The van der Waals surface area contributed by atoms with E-state index in [1.807, 2.05) is 0 Å². The summed E-state index contributed by atoms with van der Waals surface area (Å²) in [6, 6.07) is 0. The van der Waals surface area contributed by atoms with Crippen molar-refractivity contribution >= 4 is 0 Å². The molecule has 0 amide bonds. The van der Waals surface area contributed by atoms with E-state index < -0.39 is 0 Å². The Morgan fingerprint density at radius 1 is 1.36 bits per heavy atom. The molecule has 0 aromatic carbocycles. The largest absolute Gasteiger partial charge is 0.0877 e. The minimum absolute atomic E-state index is 0.568. The Hall–Kier alpha value is -0.260. The second-order valence-corrected chi connectivity index (χ2v) is 4.53. The molecule has 2 rings (SSSR count). The molecule has 0 aromatic heterocycles. The van der Waals surface area contributed by atoms with Crippen LogP contribution in [0.2, 0.25) is 0 Å². The van der Waals surface area contributed by atoms with Crippen molar-refractivity contribution in [3.63, 3.8) is 0 Å². The van der Waals surface area contributed by atoms with E-state index in [1.165, 1.54) is 25.7 Å². The predicted molar refractivity (Wildman–Crippen MR) is 48.4 cm³/mol. The first-order chi connectivity index (χ1) is 5.23. The average Bonchev–Trinajstić information content (AvgIpc) is 2.34. The molecule has 0 heterocycles. The molecule has 2 aliphatic rings. The van der Waals surface area contributed by atoms with Crippen molar-refractivity contribution in [1.82, 2.24) is 0 Å². The van der Waals surface area contributed by atoms with Gasteiger partial charge in [0, 0.05) is 0 Å². The maximum absolute atomic E-state index is 2.47. The molecule has 11 heavy (non-hydrogen) atoms. The molecule has 1 unspecified atom stereocenters. The van der Waals surface area contributed by atoms with Crippen molar-refractivity contribution in [2.75, 3.05) is 0 Å². The lowest BCUT2D eigenvalue weighted by Crippen LogP contribution is -2.32. The van der Waals surface area contributed by atoms with Crippen molar-refractivity contribution in [2.24, 2.45) is 17.3 Å². The number of hydrogen-bond donors (Lipinski definition) is 0. The smallest absolute Gasteiger partial charge is 0.00897 e. The third kappa shape index (κ3) is 0.953. The van der Waals surface area contributed by atoms with Crippen LogP contribution in [0.5, 0.6) is 0 Å². The van der Waals surface area contributed by atoms with Crippen LogP contribution in [-0.4, -0.2) is 0 Å². The van der Waals surface area contributed by atoms with Crippen molar-refractivity contribution in [3.05, 3.63) is 12.2 Å². The number of rotatable bonds is 0. The van der Waals surface area contributed by atoms with Crippen LogP contribution in [0.4, 0.5) is 0 Å². The topological polar surface area (TPSA) is 0 Å². The highest BCUT2D eigenvalue weighted by Crippen LogP contribution is 2.51. The zero-order chi connectivity index (χ0) is 7.90. The van der Waals surface area contributed by atoms with E-state index >= 15 is 0 Å². The molecule has 0 heteroatoms. The summed E-state index contributed by atoms with van der Waals surface area (Å²) < 4.78 is 0. The minimum atomic E-state index is 0.568. The van der Waals surface area contributed by atoms with E-state index in [1.54, 1.807) is 0 Å². The molecule has 0 N–H and O–H groups in total. The lowest BCUT2D eigenvalue weighted by atomic mass is 9.64. The van der Waals surface area contributed by atoms with Gasteiger partial charge in [0.2, 0.25) is 0 Å². The monoisotopic (exact) mass is 150 g/mol. The second kappa shape index (κ2) is 2.36. The van der Waals surface area contributed by atoms with Gasteiger partial charge in [-0.1, -0.05) is 32.4 Å². The lowest BCUT2D eigenvalue weighted by molar-refractivity contribution is 0.118. The molecule has 0 aromatic rings. The fourth-order valence-corrected chi connectivity index (χ4v) is 2.85. The fourth-order valence-electron chi connectivity index (χ4n) is 2.85.